The van der Waals surface area contributed by atoms with E-state index < -0.39 is 0 Å². The summed E-state index contributed by atoms with van der Waals surface area (Å²) in [7, 11) is 0. The number of benzene rings is 1. The van der Waals surface area contributed by atoms with Gasteiger partial charge in [0.2, 0.25) is 0 Å². The van der Waals surface area contributed by atoms with Crippen LogP contribution in [0.5, 0.6) is 0 Å². The van der Waals surface area contributed by atoms with E-state index in [4.69, 9.17) is 0 Å². The number of hydrogen-bond donors (Lipinski definition) is 1. The van der Waals surface area contributed by atoms with Crippen molar-refractivity contribution in [3.63, 3.8) is 0 Å². The Morgan fingerprint density at radius 3 is 2.45 bits per heavy atom. The standard InChI is InChI=1S/C18H28FN/c1-4-15-6-5-7-17(9-8-15)20-12-16-10-13(2)18(19)14(3)11-16/h10-11,15,17,20H,4-9,12H2,1-3H3. The fourth-order valence-corrected chi connectivity index (χ4v) is 3.39. The summed E-state index contributed by atoms with van der Waals surface area (Å²) in [6, 6.07) is 4.58. The molecule has 2 atom stereocenters. The first-order valence-corrected chi connectivity index (χ1v) is 8.09. The van der Waals surface area contributed by atoms with Crippen LogP contribution in [0.3, 0.4) is 0 Å². The fraction of sp³-hybridized carbons (Fsp3) is 0.667. The molecule has 1 aromatic carbocycles. The minimum absolute atomic E-state index is 0.0611. The Kier molecular flexibility index (Phi) is 5.59. The summed E-state index contributed by atoms with van der Waals surface area (Å²) in [5.41, 5.74) is 2.72. The van der Waals surface area contributed by atoms with Gasteiger partial charge in [0.25, 0.3) is 0 Å². The minimum atomic E-state index is -0.0611. The Labute approximate surface area is 123 Å². The van der Waals surface area contributed by atoms with Crippen molar-refractivity contribution in [3.8, 4) is 0 Å². The SMILES string of the molecule is CCC1CCCC(NCc2cc(C)c(F)c(C)c2)CC1. The lowest BCUT2D eigenvalue weighted by atomic mass is 9.98. The predicted octanol–water partition coefficient (Wildman–Crippen LogP) is 4.89. The van der Waals surface area contributed by atoms with E-state index in [1.807, 2.05) is 26.0 Å². The average molecular weight is 277 g/mol. The molecule has 2 heteroatoms. The van der Waals surface area contributed by atoms with Crippen LogP contribution in [0.25, 0.3) is 0 Å². The Morgan fingerprint density at radius 2 is 1.80 bits per heavy atom. The molecule has 2 unspecified atom stereocenters. The highest BCUT2D eigenvalue weighted by molar-refractivity contribution is 5.30. The number of aryl methyl sites for hydroxylation is 2. The zero-order valence-corrected chi connectivity index (χ0v) is 13.1. The molecule has 1 nitrogen and oxygen atoms in total. The predicted molar refractivity (Wildman–Crippen MR) is 83.4 cm³/mol. The molecule has 0 spiro atoms. The molecule has 0 saturated heterocycles. The van der Waals surface area contributed by atoms with Gasteiger partial charge >= 0.3 is 0 Å². The van der Waals surface area contributed by atoms with E-state index in [9.17, 15) is 4.39 Å². The maximum Gasteiger partial charge on any atom is 0.129 e. The Balaban J connectivity index is 1.89. The van der Waals surface area contributed by atoms with Crippen molar-refractivity contribution in [1.82, 2.24) is 5.32 Å². The summed E-state index contributed by atoms with van der Waals surface area (Å²) in [6.45, 7) is 6.87. The second kappa shape index (κ2) is 7.21. The fourth-order valence-electron chi connectivity index (χ4n) is 3.39. The maximum atomic E-state index is 13.6. The molecule has 1 N–H and O–H groups in total. The zero-order valence-electron chi connectivity index (χ0n) is 13.1. The van der Waals surface area contributed by atoms with Crippen LogP contribution < -0.4 is 5.32 Å². The Morgan fingerprint density at radius 1 is 1.10 bits per heavy atom. The van der Waals surface area contributed by atoms with Gasteiger partial charge in [-0.3, -0.25) is 0 Å². The van der Waals surface area contributed by atoms with Crippen LogP contribution in [-0.2, 0) is 6.54 Å². The molecule has 0 radical (unpaired) electrons. The molecule has 0 aliphatic heterocycles. The van der Waals surface area contributed by atoms with E-state index in [1.165, 1.54) is 44.1 Å². The molecule has 0 amide bonds. The highest BCUT2D eigenvalue weighted by Gasteiger charge is 2.17. The Hall–Kier alpha value is -0.890. The minimum Gasteiger partial charge on any atom is -0.310 e. The lowest BCUT2D eigenvalue weighted by Gasteiger charge is -2.17. The highest BCUT2D eigenvalue weighted by Crippen LogP contribution is 2.25. The van der Waals surface area contributed by atoms with Crippen LogP contribution in [0.1, 0.15) is 62.1 Å². The molecular formula is C18H28FN. The van der Waals surface area contributed by atoms with Crippen molar-refractivity contribution >= 4 is 0 Å². The molecule has 0 aromatic heterocycles. The topological polar surface area (TPSA) is 12.0 Å². The van der Waals surface area contributed by atoms with Crippen LogP contribution in [0, 0.1) is 25.6 Å². The van der Waals surface area contributed by atoms with E-state index in [2.05, 4.69) is 12.2 Å². The Bertz CT molecular complexity index is 418. The van der Waals surface area contributed by atoms with E-state index in [0.29, 0.717) is 6.04 Å². The lowest BCUT2D eigenvalue weighted by Crippen LogP contribution is -2.28. The van der Waals surface area contributed by atoms with Crippen molar-refractivity contribution < 1.29 is 4.39 Å². The van der Waals surface area contributed by atoms with Crippen LogP contribution in [0.4, 0.5) is 4.39 Å². The average Bonchev–Trinajstić information content (AvgIpc) is 2.67. The molecule has 0 bridgehead atoms. The monoisotopic (exact) mass is 277 g/mol. The van der Waals surface area contributed by atoms with Crippen molar-refractivity contribution in [2.24, 2.45) is 5.92 Å². The van der Waals surface area contributed by atoms with Crippen LogP contribution in [0.2, 0.25) is 0 Å². The maximum absolute atomic E-state index is 13.6. The largest absolute Gasteiger partial charge is 0.310 e. The third-order valence-electron chi connectivity index (χ3n) is 4.76. The van der Waals surface area contributed by atoms with Crippen LogP contribution in [0.15, 0.2) is 12.1 Å². The third kappa shape index (κ3) is 4.05. The second-order valence-electron chi connectivity index (χ2n) is 6.40. The van der Waals surface area contributed by atoms with Crippen molar-refractivity contribution in [2.45, 2.75) is 71.9 Å². The van der Waals surface area contributed by atoms with Crippen LogP contribution in [-0.4, -0.2) is 6.04 Å². The van der Waals surface area contributed by atoms with Gasteiger partial charge in [0, 0.05) is 12.6 Å². The van der Waals surface area contributed by atoms with Gasteiger partial charge < -0.3 is 5.32 Å². The summed E-state index contributed by atoms with van der Waals surface area (Å²) in [5.74, 6) is 0.867. The van der Waals surface area contributed by atoms with Crippen LogP contribution >= 0.6 is 0 Å². The summed E-state index contributed by atoms with van der Waals surface area (Å²) >= 11 is 0. The van der Waals surface area contributed by atoms with Gasteiger partial charge in [0.1, 0.15) is 5.82 Å². The smallest absolute Gasteiger partial charge is 0.129 e. The van der Waals surface area contributed by atoms with Crippen molar-refractivity contribution in [2.75, 3.05) is 0 Å². The number of nitrogens with one attached hydrogen (secondary N) is 1. The van der Waals surface area contributed by atoms with E-state index in [-0.39, 0.29) is 5.82 Å². The van der Waals surface area contributed by atoms with Crippen molar-refractivity contribution in [1.29, 1.82) is 0 Å². The highest BCUT2D eigenvalue weighted by atomic mass is 19.1. The molecule has 20 heavy (non-hydrogen) atoms. The molecule has 1 fully saturated rings. The molecule has 1 aromatic rings. The molecular weight excluding hydrogens is 249 g/mol. The number of halogens is 1. The van der Waals surface area contributed by atoms with Gasteiger partial charge in [-0.15, -0.1) is 0 Å². The van der Waals surface area contributed by atoms with Gasteiger partial charge in [-0.2, -0.15) is 0 Å². The van der Waals surface area contributed by atoms with Gasteiger partial charge in [-0.25, -0.2) is 4.39 Å². The summed E-state index contributed by atoms with van der Waals surface area (Å²) in [5, 5.41) is 3.67. The molecule has 1 aliphatic carbocycles. The van der Waals surface area contributed by atoms with Gasteiger partial charge in [0.05, 0.1) is 0 Å². The first-order chi connectivity index (χ1) is 9.60. The van der Waals surface area contributed by atoms with E-state index in [0.717, 1.165) is 23.6 Å². The number of rotatable bonds is 4. The number of hydrogen-bond acceptors (Lipinski definition) is 1. The van der Waals surface area contributed by atoms with Gasteiger partial charge in [-0.1, -0.05) is 38.3 Å². The van der Waals surface area contributed by atoms with Gasteiger partial charge in [-0.05, 0) is 55.7 Å². The van der Waals surface area contributed by atoms with E-state index >= 15 is 0 Å². The lowest BCUT2D eigenvalue weighted by molar-refractivity contribution is 0.425. The van der Waals surface area contributed by atoms with E-state index in [1.54, 1.807) is 0 Å². The summed E-state index contributed by atoms with van der Waals surface area (Å²) in [4.78, 5) is 0. The van der Waals surface area contributed by atoms with Gasteiger partial charge in [0.15, 0.2) is 0 Å². The first kappa shape index (κ1) is 15.5. The quantitative estimate of drug-likeness (QED) is 0.773. The third-order valence-corrected chi connectivity index (χ3v) is 4.76. The molecule has 2 rings (SSSR count). The summed E-state index contributed by atoms with van der Waals surface area (Å²) in [6.07, 6.45) is 7.99. The molecule has 112 valence electrons. The molecule has 0 heterocycles. The molecule has 1 saturated carbocycles. The second-order valence-corrected chi connectivity index (χ2v) is 6.40. The first-order valence-electron chi connectivity index (χ1n) is 8.09. The zero-order chi connectivity index (χ0) is 14.5. The van der Waals surface area contributed by atoms with Crippen molar-refractivity contribution in [3.05, 3.63) is 34.6 Å². The normalized spacial score (nSPS) is 23.6. The molecule has 1 aliphatic rings. The summed E-state index contributed by atoms with van der Waals surface area (Å²) < 4.78 is 13.6.